The SMILES string of the molecule is CCC(C(=O)c1ccc(C(C)(C)C)cc1)c1ccccc1. The van der Waals surface area contributed by atoms with Gasteiger partial charge in [-0.2, -0.15) is 0 Å². The molecule has 2 aromatic rings. The van der Waals surface area contributed by atoms with Crippen LogP contribution in [0.3, 0.4) is 0 Å². The first kappa shape index (κ1) is 15.5. The van der Waals surface area contributed by atoms with Crippen molar-refractivity contribution in [3.8, 4) is 0 Å². The molecule has 1 nitrogen and oxygen atoms in total. The molecule has 0 spiro atoms. The second-order valence-electron chi connectivity index (χ2n) is 6.56. The van der Waals surface area contributed by atoms with Crippen LogP contribution < -0.4 is 0 Å². The molecule has 0 saturated carbocycles. The number of carbonyl (C=O) groups is 1. The Morgan fingerprint density at radius 3 is 2.00 bits per heavy atom. The minimum Gasteiger partial charge on any atom is -0.293 e. The van der Waals surface area contributed by atoms with Gasteiger partial charge in [-0.3, -0.25) is 4.79 Å². The van der Waals surface area contributed by atoms with E-state index in [1.807, 2.05) is 42.5 Å². The quantitative estimate of drug-likeness (QED) is 0.689. The Hall–Kier alpha value is -1.89. The molecule has 0 aromatic heterocycles. The lowest BCUT2D eigenvalue weighted by atomic mass is 9.84. The van der Waals surface area contributed by atoms with Gasteiger partial charge >= 0.3 is 0 Å². The summed E-state index contributed by atoms with van der Waals surface area (Å²) in [4.78, 5) is 12.7. The van der Waals surface area contributed by atoms with E-state index >= 15 is 0 Å². The highest BCUT2D eigenvalue weighted by Crippen LogP contribution is 2.26. The maximum atomic E-state index is 12.7. The van der Waals surface area contributed by atoms with Crippen LogP contribution in [0.4, 0.5) is 0 Å². The monoisotopic (exact) mass is 280 g/mol. The molecule has 110 valence electrons. The smallest absolute Gasteiger partial charge is 0.170 e. The fourth-order valence-corrected chi connectivity index (χ4v) is 2.59. The van der Waals surface area contributed by atoms with Gasteiger partial charge in [-0.05, 0) is 23.0 Å². The van der Waals surface area contributed by atoms with Gasteiger partial charge in [0.1, 0.15) is 0 Å². The number of benzene rings is 2. The average Bonchev–Trinajstić information content (AvgIpc) is 2.48. The van der Waals surface area contributed by atoms with Gasteiger partial charge in [0.15, 0.2) is 5.78 Å². The van der Waals surface area contributed by atoms with E-state index in [0.29, 0.717) is 0 Å². The van der Waals surface area contributed by atoms with E-state index < -0.39 is 0 Å². The summed E-state index contributed by atoms with van der Waals surface area (Å²) >= 11 is 0. The van der Waals surface area contributed by atoms with Crippen LogP contribution in [-0.2, 0) is 5.41 Å². The maximum Gasteiger partial charge on any atom is 0.170 e. The zero-order valence-electron chi connectivity index (χ0n) is 13.4. The fourth-order valence-electron chi connectivity index (χ4n) is 2.59. The lowest BCUT2D eigenvalue weighted by Gasteiger charge is -2.20. The van der Waals surface area contributed by atoms with Crippen molar-refractivity contribution in [1.82, 2.24) is 0 Å². The van der Waals surface area contributed by atoms with E-state index in [4.69, 9.17) is 0 Å². The first-order valence-electron chi connectivity index (χ1n) is 7.63. The molecule has 2 aromatic carbocycles. The molecule has 0 aliphatic rings. The minimum atomic E-state index is -0.0494. The van der Waals surface area contributed by atoms with E-state index in [1.54, 1.807) is 0 Å². The van der Waals surface area contributed by atoms with Gasteiger partial charge < -0.3 is 0 Å². The van der Waals surface area contributed by atoms with Crippen molar-refractivity contribution in [3.05, 3.63) is 71.3 Å². The standard InChI is InChI=1S/C20H24O/c1-5-18(15-9-7-6-8-10-15)19(21)16-11-13-17(14-12-16)20(2,3)4/h6-14,18H,5H2,1-4H3. The zero-order chi connectivity index (χ0) is 15.5. The molecule has 2 rings (SSSR count). The van der Waals surface area contributed by atoms with Crippen LogP contribution in [0.15, 0.2) is 54.6 Å². The number of rotatable bonds is 4. The van der Waals surface area contributed by atoms with Gasteiger partial charge in [-0.1, -0.05) is 82.3 Å². The summed E-state index contributed by atoms with van der Waals surface area (Å²) in [6, 6.07) is 18.1. The van der Waals surface area contributed by atoms with E-state index in [9.17, 15) is 4.79 Å². The highest BCUT2D eigenvalue weighted by atomic mass is 16.1. The van der Waals surface area contributed by atoms with E-state index in [2.05, 4.69) is 39.8 Å². The molecule has 0 fully saturated rings. The summed E-state index contributed by atoms with van der Waals surface area (Å²) < 4.78 is 0. The largest absolute Gasteiger partial charge is 0.293 e. The Balaban J connectivity index is 2.26. The molecule has 0 bridgehead atoms. The van der Waals surface area contributed by atoms with Gasteiger partial charge in [-0.25, -0.2) is 0 Å². The van der Waals surface area contributed by atoms with Crippen molar-refractivity contribution < 1.29 is 4.79 Å². The Labute approximate surface area is 128 Å². The number of carbonyl (C=O) groups excluding carboxylic acids is 1. The van der Waals surface area contributed by atoms with Crippen molar-refractivity contribution in [2.24, 2.45) is 0 Å². The molecule has 0 aliphatic carbocycles. The second-order valence-corrected chi connectivity index (χ2v) is 6.56. The van der Waals surface area contributed by atoms with Crippen LogP contribution in [0.1, 0.15) is 61.5 Å². The Kier molecular flexibility index (Phi) is 4.62. The average molecular weight is 280 g/mol. The molecule has 0 aliphatic heterocycles. The Morgan fingerprint density at radius 2 is 1.52 bits per heavy atom. The summed E-state index contributed by atoms with van der Waals surface area (Å²) in [6.07, 6.45) is 0.823. The summed E-state index contributed by atoms with van der Waals surface area (Å²) in [6.45, 7) is 8.62. The zero-order valence-corrected chi connectivity index (χ0v) is 13.4. The molecule has 0 saturated heterocycles. The topological polar surface area (TPSA) is 17.1 Å². The lowest BCUT2D eigenvalue weighted by molar-refractivity contribution is 0.0957. The summed E-state index contributed by atoms with van der Waals surface area (Å²) in [5.41, 5.74) is 3.28. The van der Waals surface area contributed by atoms with E-state index in [0.717, 1.165) is 17.5 Å². The molecule has 0 radical (unpaired) electrons. The summed E-state index contributed by atoms with van der Waals surface area (Å²) in [7, 11) is 0. The van der Waals surface area contributed by atoms with Gasteiger partial charge in [0.25, 0.3) is 0 Å². The van der Waals surface area contributed by atoms with Crippen LogP contribution in [0.5, 0.6) is 0 Å². The molecule has 1 heteroatoms. The number of Topliss-reactive ketones (excluding diaryl/α,β-unsaturated/α-hetero) is 1. The van der Waals surface area contributed by atoms with Crippen molar-refractivity contribution in [2.75, 3.05) is 0 Å². The molecular formula is C20H24O. The van der Waals surface area contributed by atoms with Crippen LogP contribution in [0.2, 0.25) is 0 Å². The van der Waals surface area contributed by atoms with E-state index in [1.165, 1.54) is 5.56 Å². The fraction of sp³-hybridized carbons (Fsp3) is 0.350. The first-order chi connectivity index (χ1) is 9.93. The highest BCUT2D eigenvalue weighted by molar-refractivity contribution is 6.01. The first-order valence-corrected chi connectivity index (χ1v) is 7.63. The van der Waals surface area contributed by atoms with Crippen molar-refractivity contribution in [3.63, 3.8) is 0 Å². The van der Waals surface area contributed by atoms with Crippen LogP contribution >= 0.6 is 0 Å². The third-order valence-corrected chi connectivity index (χ3v) is 3.96. The molecule has 21 heavy (non-hydrogen) atoms. The molecule has 0 heterocycles. The van der Waals surface area contributed by atoms with Gasteiger partial charge in [-0.15, -0.1) is 0 Å². The summed E-state index contributed by atoms with van der Waals surface area (Å²) in [5.74, 6) is 0.163. The lowest BCUT2D eigenvalue weighted by Crippen LogP contribution is -2.14. The van der Waals surface area contributed by atoms with Crippen molar-refractivity contribution in [2.45, 2.75) is 45.4 Å². The summed E-state index contributed by atoms with van der Waals surface area (Å²) in [5, 5.41) is 0. The molecule has 1 atom stereocenters. The predicted molar refractivity (Wildman–Crippen MR) is 88.9 cm³/mol. The number of hydrogen-bond acceptors (Lipinski definition) is 1. The molecule has 0 N–H and O–H groups in total. The van der Waals surface area contributed by atoms with Crippen LogP contribution in [0.25, 0.3) is 0 Å². The highest BCUT2D eigenvalue weighted by Gasteiger charge is 2.21. The molecular weight excluding hydrogens is 256 g/mol. The van der Waals surface area contributed by atoms with Gasteiger partial charge in [0, 0.05) is 11.5 Å². The molecule has 0 amide bonds. The third-order valence-electron chi connectivity index (χ3n) is 3.96. The van der Waals surface area contributed by atoms with Gasteiger partial charge in [0.2, 0.25) is 0 Å². The van der Waals surface area contributed by atoms with Crippen molar-refractivity contribution in [1.29, 1.82) is 0 Å². The Morgan fingerprint density at radius 1 is 0.952 bits per heavy atom. The van der Waals surface area contributed by atoms with Crippen molar-refractivity contribution >= 4 is 5.78 Å². The maximum absolute atomic E-state index is 12.7. The number of hydrogen-bond donors (Lipinski definition) is 0. The predicted octanol–water partition coefficient (Wildman–Crippen LogP) is 5.36. The van der Waals surface area contributed by atoms with Gasteiger partial charge in [0.05, 0.1) is 0 Å². The second kappa shape index (κ2) is 6.26. The number of ketones is 1. The molecule has 1 unspecified atom stereocenters. The normalized spacial score (nSPS) is 13.0. The van der Waals surface area contributed by atoms with Crippen LogP contribution in [0, 0.1) is 0 Å². The van der Waals surface area contributed by atoms with Crippen LogP contribution in [-0.4, -0.2) is 5.78 Å². The minimum absolute atomic E-state index is 0.0494. The van der Waals surface area contributed by atoms with E-state index in [-0.39, 0.29) is 17.1 Å². The Bertz CT molecular complexity index is 588. The third kappa shape index (κ3) is 3.60.